The molecule has 11 heteroatoms. The molecule has 0 saturated carbocycles. The third-order valence-electron chi connectivity index (χ3n) is 3.85. The molecule has 0 saturated heterocycles. The van der Waals surface area contributed by atoms with Crippen LogP contribution in [0.3, 0.4) is 0 Å². The number of hydrogen-bond acceptors (Lipinski definition) is 11. The van der Waals surface area contributed by atoms with E-state index in [2.05, 4.69) is 29.9 Å². The summed E-state index contributed by atoms with van der Waals surface area (Å²) >= 11 is 0. The van der Waals surface area contributed by atoms with Crippen LogP contribution in [0.4, 0.5) is 0 Å². The summed E-state index contributed by atoms with van der Waals surface area (Å²) < 4.78 is 0. The molecule has 0 aliphatic heterocycles. The summed E-state index contributed by atoms with van der Waals surface area (Å²) in [6.45, 7) is 0. The van der Waals surface area contributed by atoms with Crippen LogP contribution in [0.25, 0.3) is 32.7 Å². The first kappa shape index (κ1) is 16.2. The van der Waals surface area contributed by atoms with E-state index in [1.165, 1.54) is 6.20 Å². The zero-order valence-corrected chi connectivity index (χ0v) is 13.5. The van der Waals surface area contributed by atoms with E-state index < -0.39 is 0 Å². The van der Waals surface area contributed by atoms with Gasteiger partial charge < -0.3 is 0 Å². The van der Waals surface area contributed by atoms with Gasteiger partial charge in [0.05, 0.1) is 27.3 Å². The maximum Gasteiger partial charge on any atom is 0.234 e. The Morgan fingerprint density at radius 3 is 1.46 bits per heavy atom. The van der Waals surface area contributed by atoms with Crippen molar-refractivity contribution in [1.82, 2.24) is 29.9 Å². The molecule has 0 N–H and O–H groups in total. The lowest BCUT2D eigenvalue weighted by atomic mass is 10.0. The van der Waals surface area contributed by atoms with Gasteiger partial charge in [0.15, 0.2) is 11.4 Å². The fourth-order valence-electron chi connectivity index (χ4n) is 2.81. The molecule has 3 aromatic heterocycles. The van der Waals surface area contributed by atoms with Crippen molar-refractivity contribution in [2.75, 3.05) is 0 Å². The maximum atomic E-state index is 9.52. The van der Waals surface area contributed by atoms with E-state index in [4.69, 9.17) is 5.26 Å². The summed E-state index contributed by atoms with van der Waals surface area (Å²) in [4.78, 5) is 24.1. The summed E-state index contributed by atoms with van der Waals surface area (Å²) in [5, 5.41) is 47.1. The number of aromatic nitrogens is 6. The minimum absolute atomic E-state index is 0.0502. The average Bonchev–Trinajstić information content (AvgIpc) is 2.76. The van der Waals surface area contributed by atoms with Crippen LogP contribution >= 0.6 is 0 Å². The van der Waals surface area contributed by atoms with Crippen molar-refractivity contribution in [3.8, 4) is 30.3 Å². The van der Waals surface area contributed by atoms with Gasteiger partial charge >= 0.3 is 0 Å². The Morgan fingerprint density at radius 1 is 0.536 bits per heavy atom. The van der Waals surface area contributed by atoms with Crippen molar-refractivity contribution in [1.29, 1.82) is 26.3 Å². The first-order chi connectivity index (χ1) is 13.6. The van der Waals surface area contributed by atoms with Crippen molar-refractivity contribution in [2.45, 2.75) is 0 Å². The lowest BCUT2D eigenvalue weighted by Crippen LogP contribution is -2.03. The van der Waals surface area contributed by atoms with Crippen LogP contribution in [0.1, 0.15) is 28.9 Å². The second-order valence-corrected chi connectivity index (χ2v) is 5.25. The van der Waals surface area contributed by atoms with Gasteiger partial charge in [-0.1, -0.05) is 0 Å². The van der Waals surface area contributed by atoms with E-state index in [1.807, 2.05) is 12.1 Å². The van der Waals surface area contributed by atoms with Crippen LogP contribution in [0.2, 0.25) is 0 Å². The monoisotopic (exact) mass is 359 g/mol. The predicted octanol–water partition coefficient (Wildman–Crippen LogP) is 0.875. The van der Waals surface area contributed by atoms with Crippen LogP contribution in [-0.2, 0) is 0 Å². The summed E-state index contributed by atoms with van der Waals surface area (Å²) in [5.74, 6) is -0.729. The van der Waals surface area contributed by atoms with Gasteiger partial charge in [-0.25, -0.2) is 29.9 Å². The molecule has 28 heavy (non-hydrogen) atoms. The molecule has 0 spiro atoms. The first-order valence-electron chi connectivity index (χ1n) is 7.37. The minimum Gasteiger partial charge on any atom is -0.227 e. The van der Waals surface area contributed by atoms with Crippen LogP contribution in [0.5, 0.6) is 0 Å². The van der Waals surface area contributed by atoms with Crippen LogP contribution in [-0.4, -0.2) is 29.9 Å². The van der Waals surface area contributed by atoms with Gasteiger partial charge in [-0.3, -0.25) is 0 Å². The van der Waals surface area contributed by atoms with E-state index >= 15 is 0 Å². The molecule has 0 fully saturated rings. The van der Waals surface area contributed by atoms with Gasteiger partial charge in [-0.2, -0.15) is 26.3 Å². The van der Waals surface area contributed by atoms with Crippen molar-refractivity contribution >= 4 is 32.7 Å². The lowest BCUT2D eigenvalue weighted by molar-refractivity contribution is 1.11. The molecule has 4 rings (SSSR count). The number of nitriles is 5. The van der Waals surface area contributed by atoms with Gasteiger partial charge in [0.1, 0.15) is 30.3 Å². The zero-order valence-electron chi connectivity index (χ0n) is 13.5. The summed E-state index contributed by atoms with van der Waals surface area (Å²) in [6, 6.07) is 9.08. The minimum atomic E-state index is -0.299. The highest BCUT2D eigenvalue weighted by Gasteiger charge is 2.22. The van der Waals surface area contributed by atoms with Crippen molar-refractivity contribution in [3.63, 3.8) is 0 Å². The normalized spacial score (nSPS) is 9.96. The zero-order chi connectivity index (χ0) is 19.8. The number of fused-ring (bicyclic) bond motifs is 6. The van der Waals surface area contributed by atoms with E-state index in [0.29, 0.717) is 0 Å². The Kier molecular flexibility index (Phi) is 3.40. The Hall–Kier alpha value is -5.31. The van der Waals surface area contributed by atoms with Gasteiger partial charge in [-0.05, 0) is 0 Å². The highest BCUT2D eigenvalue weighted by Crippen LogP contribution is 2.34. The van der Waals surface area contributed by atoms with Crippen molar-refractivity contribution in [2.24, 2.45) is 0 Å². The van der Waals surface area contributed by atoms with Crippen molar-refractivity contribution < 1.29 is 0 Å². The van der Waals surface area contributed by atoms with E-state index in [-0.39, 0.29) is 61.6 Å². The summed E-state index contributed by atoms with van der Waals surface area (Å²) in [5.41, 5.74) is 0.00551. The van der Waals surface area contributed by atoms with Crippen LogP contribution < -0.4 is 0 Å². The molecule has 0 amide bonds. The highest BCUT2D eigenvalue weighted by molar-refractivity contribution is 6.23. The quantitative estimate of drug-likeness (QED) is 0.404. The average molecular weight is 359 g/mol. The number of rotatable bonds is 0. The van der Waals surface area contributed by atoms with Gasteiger partial charge in [0.2, 0.25) is 17.5 Å². The van der Waals surface area contributed by atoms with Gasteiger partial charge in [-0.15, -0.1) is 0 Å². The molecule has 0 aliphatic rings. The predicted molar refractivity (Wildman–Crippen MR) is 89.3 cm³/mol. The third-order valence-corrected chi connectivity index (χ3v) is 3.85. The number of nitrogens with zero attached hydrogens (tertiary/aromatic N) is 11. The Bertz CT molecular complexity index is 1500. The van der Waals surface area contributed by atoms with Gasteiger partial charge in [0.25, 0.3) is 0 Å². The van der Waals surface area contributed by atoms with E-state index in [0.717, 1.165) is 0 Å². The van der Waals surface area contributed by atoms with Crippen LogP contribution in [0.15, 0.2) is 6.20 Å². The maximum absolute atomic E-state index is 9.52. The second kappa shape index (κ2) is 5.89. The topological polar surface area (TPSA) is 196 Å². The van der Waals surface area contributed by atoms with E-state index in [9.17, 15) is 21.0 Å². The molecule has 0 radical (unpaired) electrons. The lowest BCUT2D eigenvalue weighted by Gasteiger charge is -2.10. The summed E-state index contributed by atoms with van der Waals surface area (Å²) in [7, 11) is 0. The molecule has 3 heterocycles. The molecule has 0 aliphatic carbocycles. The Labute approximate surface area is 155 Å². The molecule has 124 valence electrons. The fourth-order valence-corrected chi connectivity index (χ4v) is 2.81. The SMILES string of the molecule is N#Cc1ncc2c(n1)c1c(C#N)nc(C#N)nc1c1c(C#N)nc(C#N)nc21. The molecule has 0 bridgehead atoms. The third kappa shape index (κ3) is 2.11. The standard InChI is InChI=1S/C17HN11/c18-1-8-13-15-7(6-23-10(3-20)26-15)16-14(17(13)28-12(5-22)25-8)9(2-19)24-11(4-21)27-16/h6H. The fraction of sp³-hybridized carbons (Fsp3) is 0. The molecular formula is C17HN11. The summed E-state index contributed by atoms with van der Waals surface area (Å²) in [6.07, 6.45) is 1.30. The molecule has 1 aromatic carbocycles. The first-order valence-corrected chi connectivity index (χ1v) is 7.37. The smallest absolute Gasteiger partial charge is 0.227 e. The molecular weight excluding hydrogens is 358 g/mol. The van der Waals surface area contributed by atoms with E-state index in [1.54, 1.807) is 18.2 Å². The number of benzene rings is 1. The second-order valence-electron chi connectivity index (χ2n) is 5.25. The molecule has 11 nitrogen and oxygen atoms in total. The Morgan fingerprint density at radius 2 is 1.00 bits per heavy atom. The van der Waals surface area contributed by atoms with Gasteiger partial charge in [0, 0.05) is 11.6 Å². The molecule has 4 aromatic rings. The number of hydrogen-bond donors (Lipinski definition) is 0. The Balaban J connectivity index is 2.48. The highest BCUT2D eigenvalue weighted by atomic mass is 14.9. The van der Waals surface area contributed by atoms with Crippen LogP contribution in [0, 0.1) is 56.7 Å². The molecule has 0 atom stereocenters. The largest absolute Gasteiger partial charge is 0.234 e. The molecule has 0 unspecified atom stereocenters. The van der Waals surface area contributed by atoms with Crippen molar-refractivity contribution in [3.05, 3.63) is 35.1 Å².